The maximum Gasteiger partial charge on any atom is 0.141 e. The molecule has 1 aliphatic heterocycles. The molecule has 0 saturated carbocycles. The van der Waals surface area contributed by atoms with Crippen molar-refractivity contribution in [3.63, 3.8) is 0 Å². The van der Waals surface area contributed by atoms with E-state index in [1.54, 1.807) is 23.5 Å². The molecule has 5 rings (SSSR count). The quantitative estimate of drug-likeness (QED) is 0.453. The lowest BCUT2D eigenvalue weighted by atomic mass is 10.2. The number of halogens is 1. The lowest BCUT2D eigenvalue weighted by Gasteiger charge is -2.29. The summed E-state index contributed by atoms with van der Waals surface area (Å²) in [7, 11) is 0. The molecule has 0 aliphatic carbocycles. The highest BCUT2D eigenvalue weighted by molar-refractivity contribution is 7.10. The van der Waals surface area contributed by atoms with Gasteiger partial charge in [-0.05, 0) is 49.2 Å². The summed E-state index contributed by atoms with van der Waals surface area (Å²) in [6.45, 7) is 8.91. The number of anilines is 2. The molecule has 1 aromatic carbocycles. The molecule has 6 nitrogen and oxygen atoms in total. The van der Waals surface area contributed by atoms with E-state index in [4.69, 9.17) is 9.97 Å². The number of benzene rings is 1. The van der Waals surface area contributed by atoms with Crippen molar-refractivity contribution in [1.82, 2.24) is 19.7 Å². The van der Waals surface area contributed by atoms with Crippen LogP contribution >= 0.6 is 11.3 Å². The zero-order chi connectivity index (χ0) is 22.1. The van der Waals surface area contributed by atoms with E-state index in [2.05, 4.69) is 46.0 Å². The van der Waals surface area contributed by atoms with Crippen LogP contribution in [0.5, 0.6) is 0 Å². The van der Waals surface area contributed by atoms with Gasteiger partial charge in [-0.2, -0.15) is 0 Å². The number of thiazole rings is 1. The van der Waals surface area contributed by atoms with Gasteiger partial charge >= 0.3 is 0 Å². The molecule has 4 aromatic rings. The number of hydrogen-bond acceptors (Lipinski definition) is 6. The van der Waals surface area contributed by atoms with Crippen LogP contribution in [-0.2, 0) is 13.0 Å². The minimum absolute atomic E-state index is 0.235. The van der Waals surface area contributed by atoms with Crippen molar-refractivity contribution in [3.05, 3.63) is 64.0 Å². The molecule has 32 heavy (non-hydrogen) atoms. The van der Waals surface area contributed by atoms with Gasteiger partial charge in [0.15, 0.2) is 0 Å². The SMILES string of the molecule is CCc1nc2c(C)cc(N3CCNCC3)cn2c1NCc1nc(-c2ccc(F)cc2)cs1. The fourth-order valence-electron chi connectivity index (χ4n) is 4.17. The van der Waals surface area contributed by atoms with Crippen molar-refractivity contribution in [1.29, 1.82) is 0 Å². The van der Waals surface area contributed by atoms with Gasteiger partial charge in [0.1, 0.15) is 22.3 Å². The highest BCUT2D eigenvalue weighted by Gasteiger charge is 2.17. The first-order valence-electron chi connectivity index (χ1n) is 11.0. The fourth-order valence-corrected chi connectivity index (χ4v) is 4.92. The number of aromatic nitrogens is 3. The van der Waals surface area contributed by atoms with Crippen molar-refractivity contribution in [2.45, 2.75) is 26.8 Å². The number of rotatable bonds is 6. The summed E-state index contributed by atoms with van der Waals surface area (Å²) in [6, 6.07) is 8.71. The Balaban J connectivity index is 1.42. The fraction of sp³-hybridized carbons (Fsp3) is 0.333. The smallest absolute Gasteiger partial charge is 0.141 e. The third-order valence-corrected chi connectivity index (χ3v) is 6.73. The molecule has 1 saturated heterocycles. The van der Waals surface area contributed by atoms with E-state index < -0.39 is 0 Å². The summed E-state index contributed by atoms with van der Waals surface area (Å²) in [5, 5.41) is 10.0. The number of aryl methyl sites for hydroxylation is 2. The molecular weight excluding hydrogens is 423 g/mol. The standard InChI is InChI=1S/C24H27FN6S/c1-3-20-24(27-13-22-28-21(15-32-22)17-4-6-18(25)7-5-17)31-14-19(12-16(2)23(31)29-20)30-10-8-26-9-11-30/h4-7,12,14-15,26-27H,3,8-11,13H2,1-2H3. The van der Waals surface area contributed by atoms with Gasteiger partial charge in [-0.25, -0.2) is 14.4 Å². The second kappa shape index (κ2) is 8.88. The first kappa shape index (κ1) is 20.9. The zero-order valence-electron chi connectivity index (χ0n) is 18.4. The van der Waals surface area contributed by atoms with E-state index in [9.17, 15) is 4.39 Å². The highest BCUT2D eigenvalue weighted by atomic mass is 32.1. The topological polar surface area (TPSA) is 57.5 Å². The maximum atomic E-state index is 13.2. The van der Waals surface area contributed by atoms with Gasteiger partial charge in [-0.15, -0.1) is 11.3 Å². The Labute approximate surface area is 191 Å². The monoisotopic (exact) mass is 450 g/mol. The Morgan fingerprint density at radius 1 is 1.16 bits per heavy atom. The Bertz CT molecular complexity index is 1220. The van der Waals surface area contributed by atoms with Gasteiger partial charge in [0.05, 0.1) is 23.6 Å². The number of piperazine rings is 1. The molecule has 8 heteroatoms. The van der Waals surface area contributed by atoms with Crippen LogP contribution in [0.15, 0.2) is 41.9 Å². The van der Waals surface area contributed by atoms with Crippen molar-refractivity contribution in [2.75, 3.05) is 36.4 Å². The second-order valence-corrected chi connectivity index (χ2v) is 9.00. The third-order valence-electron chi connectivity index (χ3n) is 5.88. The van der Waals surface area contributed by atoms with E-state index in [1.807, 2.05) is 5.38 Å². The lowest BCUT2D eigenvalue weighted by molar-refractivity contribution is 0.588. The van der Waals surface area contributed by atoms with Crippen LogP contribution in [0.25, 0.3) is 16.9 Å². The van der Waals surface area contributed by atoms with Crippen LogP contribution < -0.4 is 15.5 Å². The molecule has 166 valence electrons. The highest BCUT2D eigenvalue weighted by Crippen LogP contribution is 2.28. The van der Waals surface area contributed by atoms with Gasteiger partial charge in [0, 0.05) is 43.3 Å². The first-order valence-corrected chi connectivity index (χ1v) is 11.9. The Morgan fingerprint density at radius 3 is 2.69 bits per heavy atom. The maximum absolute atomic E-state index is 13.2. The Morgan fingerprint density at radius 2 is 1.94 bits per heavy atom. The van der Waals surface area contributed by atoms with Crippen LogP contribution in [0.1, 0.15) is 23.2 Å². The van der Waals surface area contributed by atoms with E-state index in [0.29, 0.717) is 6.54 Å². The molecule has 4 heterocycles. The van der Waals surface area contributed by atoms with Crippen molar-refractivity contribution in [2.24, 2.45) is 0 Å². The minimum Gasteiger partial charge on any atom is -0.368 e. The molecule has 1 fully saturated rings. The molecular formula is C24H27FN6S. The zero-order valence-corrected chi connectivity index (χ0v) is 19.2. The van der Waals surface area contributed by atoms with Gasteiger partial charge in [-0.3, -0.25) is 4.40 Å². The predicted octanol–water partition coefficient (Wildman–Crippen LogP) is 4.49. The number of hydrogen-bond donors (Lipinski definition) is 2. The van der Waals surface area contributed by atoms with E-state index in [-0.39, 0.29) is 5.82 Å². The Hall–Kier alpha value is -2.97. The number of pyridine rings is 1. The van der Waals surface area contributed by atoms with E-state index >= 15 is 0 Å². The van der Waals surface area contributed by atoms with Crippen molar-refractivity contribution in [3.8, 4) is 11.3 Å². The minimum atomic E-state index is -0.235. The molecule has 0 atom stereocenters. The molecule has 0 spiro atoms. The lowest BCUT2D eigenvalue weighted by Crippen LogP contribution is -2.43. The number of fused-ring (bicyclic) bond motifs is 1. The summed E-state index contributed by atoms with van der Waals surface area (Å²) in [5.41, 5.74) is 6.26. The van der Waals surface area contributed by atoms with E-state index in [0.717, 1.165) is 66.0 Å². The van der Waals surface area contributed by atoms with Crippen molar-refractivity contribution < 1.29 is 4.39 Å². The number of nitrogens with zero attached hydrogens (tertiary/aromatic N) is 4. The Kier molecular flexibility index (Phi) is 5.80. The third kappa shape index (κ3) is 4.08. The summed E-state index contributed by atoms with van der Waals surface area (Å²) in [6.07, 6.45) is 3.05. The summed E-state index contributed by atoms with van der Waals surface area (Å²) < 4.78 is 15.4. The average Bonchev–Trinajstić information content (AvgIpc) is 3.43. The molecule has 3 aromatic heterocycles. The molecule has 0 bridgehead atoms. The molecule has 1 aliphatic rings. The second-order valence-electron chi connectivity index (χ2n) is 8.06. The summed E-state index contributed by atoms with van der Waals surface area (Å²) in [4.78, 5) is 12.1. The largest absolute Gasteiger partial charge is 0.368 e. The van der Waals surface area contributed by atoms with Gasteiger partial charge in [0.25, 0.3) is 0 Å². The van der Waals surface area contributed by atoms with Crippen LogP contribution in [0, 0.1) is 12.7 Å². The number of nitrogens with one attached hydrogen (secondary N) is 2. The summed E-state index contributed by atoms with van der Waals surface area (Å²) in [5.74, 6) is 0.794. The predicted molar refractivity (Wildman–Crippen MR) is 129 cm³/mol. The summed E-state index contributed by atoms with van der Waals surface area (Å²) >= 11 is 1.61. The molecule has 0 amide bonds. The van der Waals surface area contributed by atoms with Crippen molar-refractivity contribution >= 4 is 28.5 Å². The average molecular weight is 451 g/mol. The molecule has 0 unspecified atom stereocenters. The van der Waals surface area contributed by atoms with Crippen LogP contribution in [0.4, 0.5) is 15.9 Å². The molecule has 0 radical (unpaired) electrons. The van der Waals surface area contributed by atoms with Gasteiger partial charge < -0.3 is 15.5 Å². The van der Waals surface area contributed by atoms with Crippen LogP contribution in [0.2, 0.25) is 0 Å². The van der Waals surface area contributed by atoms with E-state index in [1.165, 1.54) is 23.4 Å². The first-order chi connectivity index (χ1) is 15.6. The number of imidazole rings is 1. The molecule has 2 N–H and O–H groups in total. The van der Waals surface area contributed by atoms with Gasteiger partial charge in [0.2, 0.25) is 0 Å². The normalized spacial score (nSPS) is 14.3. The van der Waals surface area contributed by atoms with Gasteiger partial charge in [-0.1, -0.05) is 6.92 Å². The van der Waals surface area contributed by atoms with Crippen LogP contribution in [-0.4, -0.2) is 40.5 Å². The van der Waals surface area contributed by atoms with Crippen LogP contribution in [0.3, 0.4) is 0 Å².